The highest BCUT2D eigenvalue weighted by molar-refractivity contribution is 6.03. The number of ether oxygens (including phenoxy) is 1. The van der Waals surface area contributed by atoms with Gasteiger partial charge in [-0.25, -0.2) is 0 Å². The molecular formula is C18H17NO2. The van der Waals surface area contributed by atoms with Crippen LogP contribution in [0, 0.1) is 0 Å². The van der Waals surface area contributed by atoms with Gasteiger partial charge < -0.3 is 10.1 Å². The van der Waals surface area contributed by atoms with Crippen molar-refractivity contribution in [2.45, 2.75) is 6.92 Å². The van der Waals surface area contributed by atoms with Crippen LogP contribution in [0.4, 0.5) is 5.69 Å². The molecule has 0 saturated carbocycles. The molecule has 0 unspecified atom stereocenters. The van der Waals surface area contributed by atoms with E-state index in [0.29, 0.717) is 5.57 Å². The summed E-state index contributed by atoms with van der Waals surface area (Å²) >= 11 is 0. The number of hydrogen-bond acceptors (Lipinski definition) is 2. The second-order valence-electron chi connectivity index (χ2n) is 4.48. The second-order valence-corrected chi connectivity index (χ2v) is 4.48. The highest BCUT2D eigenvalue weighted by atomic mass is 16.5. The summed E-state index contributed by atoms with van der Waals surface area (Å²) in [7, 11) is 0. The van der Waals surface area contributed by atoms with Gasteiger partial charge in [0.1, 0.15) is 11.5 Å². The Morgan fingerprint density at radius 3 is 2.29 bits per heavy atom. The average Bonchev–Trinajstić information content (AvgIpc) is 2.50. The Morgan fingerprint density at radius 2 is 1.67 bits per heavy atom. The SMILES string of the molecule is C=C/C=C(\C)C(=O)Nc1ccc(Oc2ccccc2)cc1. The normalized spacial score (nSPS) is 10.8. The fourth-order valence-corrected chi connectivity index (χ4v) is 1.71. The van der Waals surface area contributed by atoms with E-state index in [2.05, 4.69) is 11.9 Å². The number of rotatable bonds is 5. The standard InChI is InChI=1S/C18H17NO2/c1-3-7-14(2)18(20)19-15-10-12-17(13-11-15)21-16-8-5-4-6-9-16/h3-13H,1H2,2H3,(H,19,20)/b14-7+. The topological polar surface area (TPSA) is 38.3 Å². The van der Waals surface area contributed by atoms with E-state index in [-0.39, 0.29) is 5.91 Å². The molecule has 0 aliphatic rings. The van der Waals surface area contributed by atoms with Gasteiger partial charge in [-0.1, -0.05) is 36.9 Å². The highest BCUT2D eigenvalue weighted by Gasteiger charge is 2.04. The van der Waals surface area contributed by atoms with Gasteiger partial charge in [-0.15, -0.1) is 0 Å². The first-order chi connectivity index (χ1) is 10.2. The molecule has 3 heteroatoms. The summed E-state index contributed by atoms with van der Waals surface area (Å²) in [6.07, 6.45) is 3.26. The first-order valence-electron chi connectivity index (χ1n) is 6.62. The Balaban J connectivity index is 2.01. The van der Waals surface area contributed by atoms with Crippen molar-refractivity contribution in [2.75, 3.05) is 5.32 Å². The molecule has 0 spiro atoms. The van der Waals surface area contributed by atoms with Crippen LogP contribution in [-0.4, -0.2) is 5.91 Å². The van der Waals surface area contributed by atoms with E-state index in [1.54, 1.807) is 31.2 Å². The Kier molecular flexibility index (Phi) is 4.94. The minimum atomic E-state index is -0.147. The fourth-order valence-electron chi connectivity index (χ4n) is 1.71. The first-order valence-corrected chi connectivity index (χ1v) is 6.62. The fraction of sp³-hybridized carbons (Fsp3) is 0.0556. The summed E-state index contributed by atoms with van der Waals surface area (Å²) in [5.74, 6) is 1.35. The molecule has 0 saturated heterocycles. The van der Waals surface area contributed by atoms with E-state index < -0.39 is 0 Å². The van der Waals surface area contributed by atoms with E-state index in [9.17, 15) is 4.79 Å². The minimum Gasteiger partial charge on any atom is -0.457 e. The monoisotopic (exact) mass is 279 g/mol. The van der Waals surface area contributed by atoms with Crippen LogP contribution in [0.25, 0.3) is 0 Å². The van der Waals surface area contributed by atoms with Crippen molar-refractivity contribution in [3.05, 3.63) is 78.9 Å². The Labute approximate surface area is 124 Å². The summed E-state index contributed by atoms with van der Waals surface area (Å²) < 4.78 is 5.69. The summed E-state index contributed by atoms with van der Waals surface area (Å²) in [4.78, 5) is 11.8. The number of allylic oxidation sites excluding steroid dienone is 2. The van der Waals surface area contributed by atoms with Crippen molar-refractivity contribution in [3.63, 3.8) is 0 Å². The van der Waals surface area contributed by atoms with Crippen LogP contribution < -0.4 is 10.1 Å². The number of carbonyl (C=O) groups excluding carboxylic acids is 1. The third kappa shape index (κ3) is 4.35. The van der Waals surface area contributed by atoms with E-state index in [1.165, 1.54) is 0 Å². The van der Waals surface area contributed by atoms with Crippen LogP contribution in [0.15, 0.2) is 78.9 Å². The molecule has 0 heterocycles. The molecule has 21 heavy (non-hydrogen) atoms. The van der Waals surface area contributed by atoms with Crippen molar-refractivity contribution in [2.24, 2.45) is 0 Å². The van der Waals surface area contributed by atoms with Crippen LogP contribution in [-0.2, 0) is 4.79 Å². The number of benzene rings is 2. The van der Waals surface area contributed by atoms with E-state index >= 15 is 0 Å². The van der Waals surface area contributed by atoms with Gasteiger partial charge in [0.05, 0.1) is 0 Å². The van der Waals surface area contributed by atoms with Crippen molar-refractivity contribution >= 4 is 11.6 Å². The van der Waals surface area contributed by atoms with Crippen molar-refractivity contribution in [1.29, 1.82) is 0 Å². The molecule has 0 aromatic heterocycles. The summed E-state index contributed by atoms with van der Waals surface area (Å²) in [6.45, 7) is 5.31. The number of nitrogens with one attached hydrogen (secondary N) is 1. The maximum absolute atomic E-state index is 11.8. The van der Waals surface area contributed by atoms with Crippen molar-refractivity contribution < 1.29 is 9.53 Å². The Hall–Kier alpha value is -2.81. The van der Waals surface area contributed by atoms with Gasteiger partial charge in [0.25, 0.3) is 5.91 Å². The molecule has 0 atom stereocenters. The molecule has 106 valence electrons. The summed E-state index contributed by atoms with van der Waals surface area (Å²) in [5.41, 5.74) is 1.33. The van der Waals surface area contributed by atoms with Gasteiger partial charge in [-0.3, -0.25) is 4.79 Å². The van der Waals surface area contributed by atoms with Gasteiger partial charge in [-0.05, 0) is 43.3 Å². The van der Waals surface area contributed by atoms with Crippen molar-refractivity contribution in [3.8, 4) is 11.5 Å². The lowest BCUT2D eigenvalue weighted by atomic mass is 10.2. The largest absolute Gasteiger partial charge is 0.457 e. The predicted molar refractivity (Wildman–Crippen MR) is 85.5 cm³/mol. The molecule has 0 radical (unpaired) electrons. The summed E-state index contributed by atoms with van der Waals surface area (Å²) in [6, 6.07) is 16.8. The Morgan fingerprint density at radius 1 is 1.05 bits per heavy atom. The van der Waals surface area contributed by atoms with Crippen molar-refractivity contribution in [1.82, 2.24) is 0 Å². The van der Waals surface area contributed by atoms with Crippen LogP contribution in [0.5, 0.6) is 11.5 Å². The maximum atomic E-state index is 11.8. The maximum Gasteiger partial charge on any atom is 0.251 e. The Bertz CT molecular complexity index is 643. The van der Waals surface area contributed by atoms with Crippen LogP contribution in [0.3, 0.4) is 0 Å². The zero-order chi connectivity index (χ0) is 15.1. The zero-order valence-corrected chi connectivity index (χ0v) is 11.9. The second kappa shape index (κ2) is 7.10. The van der Waals surface area contributed by atoms with E-state index in [1.807, 2.05) is 42.5 Å². The molecule has 2 aromatic carbocycles. The van der Waals surface area contributed by atoms with Gasteiger partial charge in [0.15, 0.2) is 0 Å². The van der Waals surface area contributed by atoms with Crippen LogP contribution in [0.2, 0.25) is 0 Å². The highest BCUT2D eigenvalue weighted by Crippen LogP contribution is 2.22. The third-order valence-corrected chi connectivity index (χ3v) is 2.82. The quantitative estimate of drug-likeness (QED) is 0.644. The van der Waals surface area contributed by atoms with E-state index in [4.69, 9.17) is 4.74 Å². The third-order valence-electron chi connectivity index (χ3n) is 2.82. The lowest BCUT2D eigenvalue weighted by Crippen LogP contribution is -2.12. The molecule has 2 rings (SSSR count). The van der Waals surface area contributed by atoms with Crippen LogP contribution >= 0.6 is 0 Å². The zero-order valence-electron chi connectivity index (χ0n) is 11.9. The molecule has 0 aliphatic heterocycles. The molecule has 1 N–H and O–H groups in total. The number of carbonyl (C=O) groups is 1. The van der Waals surface area contributed by atoms with Gasteiger partial charge in [0, 0.05) is 11.3 Å². The molecule has 0 fully saturated rings. The predicted octanol–water partition coefficient (Wildman–Crippen LogP) is 4.55. The molecular weight excluding hydrogens is 262 g/mol. The molecule has 0 bridgehead atoms. The molecule has 3 nitrogen and oxygen atoms in total. The van der Waals surface area contributed by atoms with E-state index in [0.717, 1.165) is 17.2 Å². The lowest BCUT2D eigenvalue weighted by molar-refractivity contribution is -0.112. The van der Waals surface area contributed by atoms with Crippen LogP contribution in [0.1, 0.15) is 6.92 Å². The number of hydrogen-bond donors (Lipinski definition) is 1. The number of amides is 1. The molecule has 2 aromatic rings. The van der Waals surface area contributed by atoms with Gasteiger partial charge in [-0.2, -0.15) is 0 Å². The summed E-state index contributed by atoms with van der Waals surface area (Å²) in [5, 5.41) is 2.81. The average molecular weight is 279 g/mol. The van der Waals surface area contributed by atoms with Gasteiger partial charge in [0.2, 0.25) is 0 Å². The number of anilines is 1. The van der Waals surface area contributed by atoms with Gasteiger partial charge >= 0.3 is 0 Å². The molecule has 1 amide bonds. The lowest BCUT2D eigenvalue weighted by Gasteiger charge is -2.08. The number of para-hydroxylation sites is 1. The molecule has 0 aliphatic carbocycles. The smallest absolute Gasteiger partial charge is 0.251 e. The first kappa shape index (κ1) is 14.6. The minimum absolute atomic E-state index is 0.147.